The molecule has 16 heavy (non-hydrogen) atoms. The maximum atomic E-state index is 13.3. The van der Waals surface area contributed by atoms with E-state index >= 15 is 0 Å². The Morgan fingerprint density at radius 2 is 2.06 bits per heavy atom. The number of ether oxygens (including phenoxy) is 2. The van der Waals surface area contributed by atoms with Gasteiger partial charge in [-0.05, 0) is 17.7 Å². The molecule has 0 unspecified atom stereocenters. The summed E-state index contributed by atoms with van der Waals surface area (Å²) >= 11 is 0. The maximum Gasteiger partial charge on any atom is 0.165 e. The molecule has 0 heterocycles. The fourth-order valence-corrected chi connectivity index (χ4v) is 1.15. The number of hydroxylamine groups is 1. The van der Waals surface area contributed by atoms with Gasteiger partial charge < -0.3 is 9.47 Å². The molecule has 0 saturated carbocycles. The van der Waals surface area contributed by atoms with Gasteiger partial charge in [-0.3, -0.25) is 4.84 Å². The van der Waals surface area contributed by atoms with Crippen LogP contribution in [0.5, 0.6) is 5.75 Å². The lowest BCUT2D eigenvalue weighted by atomic mass is 10.2. The minimum atomic E-state index is -0.376. The quantitative estimate of drug-likeness (QED) is 0.568. The average molecular weight is 229 g/mol. The lowest BCUT2D eigenvalue weighted by Gasteiger charge is -2.07. The first-order valence-electron chi connectivity index (χ1n) is 4.94. The Balaban J connectivity index is 2.34. The third-order valence-corrected chi connectivity index (χ3v) is 1.98. The van der Waals surface area contributed by atoms with Crippen molar-refractivity contribution in [3.05, 3.63) is 29.6 Å². The molecule has 0 aliphatic rings. The Morgan fingerprint density at radius 3 is 2.69 bits per heavy atom. The molecule has 0 amide bonds. The number of methoxy groups -OCH3 is 2. The van der Waals surface area contributed by atoms with Crippen LogP contribution in [0.3, 0.4) is 0 Å². The highest BCUT2D eigenvalue weighted by atomic mass is 19.1. The standard InChI is InChI=1S/C11H16FNO3/c1-14-5-6-16-13-8-9-3-4-11(15-2)10(12)7-9/h3-4,7,13H,5-6,8H2,1-2H3. The van der Waals surface area contributed by atoms with Crippen LogP contribution in [0.2, 0.25) is 0 Å². The second kappa shape index (κ2) is 7.16. The number of hydrogen-bond donors (Lipinski definition) is 1. The maximum absolute atomic E-state index is 13.3. The summed E-state index contributed by atoms with van der Waals surface area (Å²) in [6.45, 7) is 1.41. The monoisotopic (exact) mass is 229 g/mol. The SMILES string of the molecule is COCCONCc1ccc(OC)c(F)c1. The third-order valence-electron chi connectivity index (χ3n) is 1.98. The molecular weight excluding hydrogens is 213 g/mol. The van der Waals surface area contributed by atoms with Crippen LogP contribution in [0.1, 0.15) is 5.56 Å². The van der Waals surface area contributed by atoms with E-state index < -0.39 is 0 Å². The van der Waals surface area contributed by atoms with Gasteiger partial charge in [-0.15, -0.1) is 0 Å². The molecule has 1 rings (SSSR count). The van der Waals surface area contributed by atoms with E-state index in [1.54, 1.807) is 19.2 Å². The zero-order valence-corrected chi connectivity index (χ0v) is 9.46. The zero-order valence-electron chi connectivity index (χ0n) is 9.46. The van der Waals surface area contributed by atoms with E-state index in [-0.39, 0.29) is 11.6 Å². The van der Waals surface area contributed by atoms with Crippen molar-refractivity contribution in [3.8, 4) is 5.75 Å². The predicted molar refractivity (Wildman–Crippen MR) is 57.6 cm³/mol. The fourth-order valence-electron chi connectivity index (χ4n) is 1.15. The lowest BCUT2D eigenvalue weighted by Crippen LogP contribution is -2.17. The van der Waals surface area contributed by atoms with Gasteiger partial charge in [0, 0.05) is 13.7 Å². The van der Waals surface area contributed by atoms with Gasteiger partial charge in [0.15, 0.2) is 11.6 Å². The van der Waals surface area contributed by atoms with Crippen LogP contribution in [0.15, 0.2) is 18.2 Å². The molecule has 0 aliphatic carbocycles. The van der Waals surface area contributed by atoms with Gasteiger partial charge in [-0.1, -0.05) is 6.07 Å². The Morgan fingerprint density at radius 1 is 1.25 bits per heavy atom. The fraction of sp³-hybridized carbons (Fsp3) is 0.455. The Bertz CT molecular complexity index is 320. The van der Waals surface area contributed by atoms with Gasteiger partial charge in [-0.2, -0.15) is 5.48 Å². The summed E-state index contributed by atoms with van der Waals surface area (Å²) in [5, 5.41) is 0. The van der Waals surface area contributed by atoms with E-state index in [9.17, 15) is 4.39 Å². The van der Waals surface area contributed by atoms with Gasteiger partial charge in [0.05, 0.1) is 20.3 Å². The first kappa shape index (κ1) is 12.9. The molecule has 4 nitrogen and oxygen atoms in total. The summed E-state index contributed by atoms with van der Waals surface area (Å²) in [6.07, 6.45) is 0. The highest BCUT2D eigenvalue weighted by Crippen LogP contribution is 2.17. The zero-order chi connectivity index (χ0) is 11.8. The van der Waals surface area contributed by atoms with Crippen LogP contribution in [-0.4, -0.2) is 27.4 Å². The number of rotatable bonds is 7. The van der Waals surface area contributed by atoms with Crippen molar-refractivity contribution in [1.29, 1.82) is 0 Å². The molecule has 1 N–H and O–H groups in total. The van der Waals surface area contributed by atoms with Crippen molar-refractivity contribution in [2.24, 2.45) is 0 Å². The van der Waals surface area contributed by atoms with Crippen molar-refractivity contribution < 1.29 is 18.7 Å². The van der Waals surface area contributed by atoms with Gasteiger partial charge >= 0.3 is 0 Å². The molecule has 0 spiro atoms. The smallest absolute Gasteiger partial charge is 0.165 e. The Hall–Kier alpha value is -1.17. The Kier molecular flexibility index (Phi) is 5.77. The van der Waals surface area contributed by atoms with Crippen molar-refractivity contribution in [1.82, 2.24) is 5.48 Å². The van der Waals surface area contributed by atoms with E-state index in [4.69, 9.17) is 14.3 Å². The predicted octanol–water partition coefficient (Wildman–Crippen LogP) is 1.50. The molecule has 1 aromatic rings. The summed E-state index contributed by atoms with van der Waals surface area (Å²) in [6, 6.07) is 4.77. The second-order valence-corrected chi connectivity index (χ2v) is 3.13. The molecule has 0 aromatic heterocycles. The largest absolute Gasteiger partial charge is 0.494 e. The van der Waals surface area contributed by atoms with E-state index in [0.717, 1.165) is 5.56 Å². The summed E-state index contributed by atoms with van der Waals surface area (Å²) < 4.78 is 22.9. The van der Waals surface area contributed by atoms with Crippen LogP contribution in [-0.2, 0) is 16.1 Å². The van der Waals surface area contributed by atoms with E-state index in [0.29, 0.717) is 19.8 Å². The molecule has 90 valence electrons. The molecule has 0 radical (unpaired) electrons. The first-order chi connectivity index (χ1) is 7.77. The third kappa shape index (κ3) is 4.14. The number of benzene rings is 1. The summed E-state index contributed by atoms with van der Waals surface area (Å²) in [5.74, 6) is -0.136. The lowest BCUT2D eigenvalue weighted by molar-refractivity contribution is 0.00343. The molecule has 5 heteroatoms. The van der Waals surface area contributed by atoms with Gasteiger partial charge in [0.25, 0.3) is 0 Å². The van der Waals surface area contributed by atoms with Gasteiger partial charge in [0.2, 0.25) is 0 Å². The first-order valence-corrected chi connectivity index (χ1v) is 4.94. The highest BCUT2D eigenvalue weighted by molar-refractivity contribution is 5.29. The number of halogens is 1. The van der Waals surface area contributed by atoms with Crippen molar-refractivity contribution in [2.45, 2.75) is 6.54 Å². The molecule has 0 fully saturated rings. The minimum Gasteiger partial charge on any atom is -0.494 e. The molecule has 0 atom stereocenters. The average Bonchev–Trinajstić information content (AvgIpc) is 2.29. The highest BCUT2D eigenvalue weighted by Gasteiger charge is 2.02. The molecule has 0 saturated heterocycles. The molecule has 0 aliphatic heterocycles. The summed E-state index contributed by atoms with van der Waals surface area (Å²) in [7, 11) is 3.03. The Labute approximate surface area is 94.3 Å². The van der Waals surface area contributed by atoms with Crippen LogP contribution in [0.4, 0.5) is 4.39 Å². The van der Waals surface area contributed by atoms with Crippen LogP contribution >= 0.6 is 0 Å². The molecule has 0 bridgehead atoms. The van der Waals surface area contributed by atoms with Gasteiger partial charge in [-0.25, -0.2) is 4.39 Å². The van der Waals surface area contributed by atoms with Crippen LogP contribution < -0.4 is 10.2 Å². The van der Waals surface area contributed by atoms with E-state index in [2.05, 4.69) is 5.48 Å². The van der Waals surface area contributed by atoms with Crippen LogP contribution in [0.25, 0.3) is 0 Å². The van der Waals surface area contributed by atoms with E-state index in [1.807, 2.05) is 0 Å². The topological polar surface area (TPSA) is 39.7 Å². The van der Waals surface area contributed by atoms with Crippen molar-refractivity contribution >= 4 is 0 Å². The summed E-state index contributed by atoms with van der Waals surface area (Å²) in [5.41, 5.74) is 3.50. The normalized spacial score (nSPS) is 10.4. The number of hydrogen-bond acceptors (Lipinski definition) is 4. The van der Waals surface area contributed by atoms with Crippen molar-refractivity contribution in [2.75, 3.05) is 27.4 Å². The summed E-state index contributed by atoms with van der Waals surface area (Å²) in [4.78, 5) is 5.05. The van der Waals surface area contributed by atoms with Gasteiger partial charge in [0.1, 0.15) is 0 Å². The minimum absolute atomic E-state index is 0.240. The second-order valence-electron chi connectivity index (χ2n) is 3.13. The van der Waals surface area contributed by atoms with Crippen molar-refractivity contribution in [3.63, 3.8) is 0 Å². The number of nitrogens with one attached hydrogen (secondary N) is 1. The van der Waals surface area contributed by atoms with E-state index in [1.165, 1.54) is 13.2 Å². The van der Waals surface area contributed by atoms with Crippen LogP contribution in [0, 0.1) is 5.82 Å². The molecular formula is C11H16FNO3. The molecule has 1 aromatic carbocycles.